The van der Waals surface area contributed by atoms with E-state index in [0.29, 0.717) is 11.3 Å². The third-order valence-electron chi connectivity index (χ3n) is 5.05. The lowest BCUT2D eigenvalue weighted by molar-refractivity contribution is 0.395. The average Bonchev–Trinajstić information content (AvgIpc) is 3.10. The predicted octanol–water partition coefficient (Wildman–Crippen LogP) is 4.54. The maximum absolute atomic E-state index is 9.82. The Morgan fingerprint density at radius 1 is 0.962 bits per heavy atom. The van der Waals surface area contributed by atoms with Crippen LogP contribution in [0.1, 0.15) is 17.0 Å². The Bertz CT molecular complexity index is 1240. The van der Waals surface area contributed by atoms with E-state index in [1.54, 1.807) is 0 Å². The summed E-state index contributed by atoms with van der Waals surface area (Å²) in [6, 6.07) is 22.5. The number of rotatable bonds is 1. The second-order valence-corrected chi connectivity index (χ2v) is 6.41. The Labute approximate surface area is 150 Å². The van der Waals surface area contributed by atoms with Crippen molar-refractivity contribution in [3.8, 4) is 11.8 Å². The molecule has 4 aromatic rings. The summed E-state index contributed by atoms with van der Waals surface area (Å²) in [4.78, 5) is 3.31. The highest BCUT2D eigenvalue weighted by molar-refractivity contribution is 5.92. The molecule has 5 rings (SSSR count). The number of nitrogens with zero attached hydrogens (tertiary/aromatic N) is 1. The minimum absolute atomic E-state index is 0.172. The van der Waals surface area contributed by atoms with Crippen molar-refractivity contribution in [3.63, 3.8) is 0 Å². The molecule has 1 aromatic heterocycles. The Balaban J connectivity index is 1.89. The molecule has 124 valence electrons. The van der Waals surface area contributed by atoms with Crippen LogP contribution in [0.2, 0.25) is 0 Å². The number of allylic oxidation sites excluding steroid dienone is 1. The maximum Gasteiger partial charge on any atom is 0.205 e. The van der Waals surface area contributed by atoms with Crippen LogP contribution in [0.4, 0.5) is 0 Å². The third-order valence-corrected chi connectivity index (χ3v) is 5.05. The molecule has 2 heterocycles. The first-order valence-corrected chi connectivity index (χ1v) is 8.43. The van der Waals surface area contributed by atoms with Crippen LogP contribution in [0, 0.1) is 11.3 Å². The lowest BCUT2D eigenvalue weighted by Crippen LogP contribution is -2.21. The summed E-state index contributed by atoms with van der Waals surface area (Å²) < 4.78 is 5.81. The quantitative estimate of drug-likeness (QED) is 0.535. The van der Waals surface area contributed by atoms with Gasteiger partial charge in [-0.2, -0.15) is 5.26 Å². The Kier molecular flexibility index (Phi) is 3.04. The summed E-state index contributed by atoms with van der Waals surface area (Å²) in [7, 11) is 0. The van der Waals surface area contributed by atoms with Crippen LogP contribution < -0.4 is 10.5 Å². The van der Waals surface area contributed by atoms with Crippen LogP contribution in [0.5, 0.6) is 5.75 Å². The molecule has 1 aliphatic rings. The number of nitrogens with two attached hydrogens (primary N) is 1. The monoisotopic (exact) mass is 337 g/mol. The van der Waals surface area contributed by atoms with Gasteiger partial charge in [0.05, 0.1) is 5.92 Å². The van der Waals surface area contributed by atoms with Gasteiger partial charge in [0.1, 0.15) is 17.4 Å². The number of H-pyrrole nitrogens is 1. The van der Waals surface area contributed by atoms with Crippen LogP contribution in [-0.2, 0) is 0 Å². The molecule has 0 aliphatic carbocycles. The molecule has 4 nitrogen and oxygen atoms in total. The zero-order valence-corrected chi connectivity index (χ0v) is 13.9. The fraction of sp³-hybridized carbons (Fsp3) is 0.0455. The number of fused-ring (bicyclic) bond motifs is 4. The molecular formula is C22H15N3O. The number of benzene rings is 3. The molecule has 3 aromatic carbocycles. The van der Waals surface area contributed by atoms with E-state index in [2.05, 4.69) is 29.3 Å². The number of nitriles is 1. The van der Waals surface area contributed by atoms with Crippen molar-refractivity contribution in [2.45, 2.75) is 5.92 Å². The van der Waals surface area contributed by atoms with Gasteiger partial charge in [-0.25, -0.2) is 0 Å². The predicted molar refractivity (Wildman–Crippen MR) is 102 cm³/mol. The number of aromatic amines is 1. The van der Waals surface area contributed by atoms with Gasteiger partial charge in [0.25, 0.3) is 0 Å². The van der Waals surface area contributed by atoms with E-state index in [1.807, 2.05) is 48.7 Å². The molecule has 0 radical (unpaired) electrons. The normalized spacial score (nSPS) is 16.3. The van der Waals surface area contributed by atoms with E-state index in [1.165, 1.54) is 0 Å². The molecule has 0 amide bonds. The van der Waals surface area contributed by atoms with Gasteiger partial charge in [-0.15, -0.1) is 0 Å². The molecular weight excluding hydrogens is 322 g/mol. The topological polar surface area (TPSA) is 74.8 Å². The van der Waals surface area contributed by atoms with Crippen molar-refractivity contribution in [3.05, 3.63) is 89.4 Å². The van der Waals surface area contributed by atoms with Gasteiger partial charge < -0.3 is 15.5 Å². The van der Waals surface area contributed by atoms with E-state index < -0.39 is 0 Å². The molecule has 0 bridgehead atoms. The van der Waals surface area contributed by atoms with Gasteiger partial charge in [-0.1, -0.05) is 48.5 Å². The zero-order chi connectivity index (χ0) is 17.7. The van der Waals surface area contributed by atoms with Crippen LogP contribution in [-0.4, -0.2) is 4.98 Å². The van der Waals surface area contributed by atoms with Gasteiger partial charge in [-0.05, 0) is 28.5 Å². The standard InChI is InChI=1S/C22H15N3O/c23-11-16-20(17-12-25-18-8-4-3-7-15(17)18)21-14-6-2-1-5-13(14)9-10-19(21)26-22(16)24/h1-10,12,20,25H,24H2. The Morgan fingerprint density at radius 2 is 1.73 bits per heavy atom. The summed E-state index contributed by atoms with van der Waals surface area (Å²) in [6.45, 7) is 0. The number of ether oxygens (including phenoxy) is 1. The summed E-state index contributed by atoms with van der Waals surface area (Å²) in [6.07, 6.45) is 1.97. The second kappa shape index (κ2) is 5.40. The van der Waals surface area contributed by atoms with Crippen molar-refractivity contribution < 1.29 is 4.74 Å². The van der Waals surface area contributed by atoms with Crippen LogP contribution in [0.25, 0.3) is 21.7 Å². The molecule has 3 N–H and O–H groups in total. The lowest BCUT2D eigenvalue weighted by Gasteiger charge is -2.27. The molecule has 0 saturated carbocycles. The van der Waals surface area contributed by atoms with Crippen molar-refractivity contribution in [2.75, 3.05) is 0 Å². The van der Waals surface area contributed by atoms with E-state index in [4.69, 9.17) is 10.5 Å². The summed E-state index contributed by atoms with van der Waals surface area (Å²) >= 11 is 0. The summed E-state index contributed by atoms with van der Waals surface area (Å²) in [5.41, 5.74) is 9.60. The fourth-order valence-electron chi connectivity index (χ4n) is 3.89. The molecule has 0 saturated heterocycles. The second-order valence-electron chi connectivity index (χ2n) is 6.41. The molecule has 1 atom stereocenters. The smallest absolute Gasteiger partial charge is 0.205 e. The van der Waals surface area contributed by atoms with Gasteiger partial charge in [0.2, 0.25) is 5.88 Å². The minimum atomic E-state index is -0.272. The Morgan fingerprint density at radius 3 is 2.58 bits per heavy atom. The number of hydrogen-bond donors (Lipinski definition) is 2. The Hall–Kier alpha value is -3.71. The first-order chi connectivity index (χ1) is 12.8. The summed E-state index contributed by atoms with van der Waals surface area (Å²) in [5, 5.41) is 13.1. The number of para-hydroxylation sites is 1. The van der Waals surface area contributed by atoms with Crippen molar-refractivity contribution in [1.29, 1.82) is 5.26 Å². The summed E-state index contributed by atoms with van der Waals surface area (Å²) in [5.74, 6) is 0.604. The molecule has 1 aliphatic heterocycles. The maximum atomic E-state index is 9.82. The van der Waals surface area contributed by atoms with Gasteiger partial charge in [-0.3, -0.25) is 0 Å². The first kappa shape index (κ1) is 14.6. The molecule has 4 heteroatoms. The number of hydrogen-bond acceptors (Lipinski definition) is 3. The van der Waals surface area contributed by atoms with E-state index in [0.717, 1.165) is 32.8 Å². The van der Waals surface area contributed by atoms with Crippen LogP contribution >= 0.6 is 0 Å². The van der Waals surface area contributed by atoms with E-state index in [9.17, 15) is 5.26 Å². The molecule has 0 fully saturated rings. The highest BCUT2D eigenvalue weighted by Crippen LogP contribution is 2.47. The largest absolute Gasteiger partial charge is 0.440 e. The number of nitrogens with one attached hydrogen (secondary N) is 1. The average molecular weight is 337 g/mol. The molecule has 0 spiro atoms. The van der Waals surface area contributed by atoms with Gasteiger partial charge >= 0.3 is 0 Å². The number of aromatic nitrogens is 1. The highest BCUT2D eigenvalue weighted by atomic mass is 16.5. The fourth-order valence-corrected chi connectivity index (χ4v) is 3.89. The van der Waals surface area contributed by atoms with Crippen molar-refractivity contribution in [1.82, 2.24) is 4.98 Å². The zero-order valence-electron chi connectivity index (χ0n) is 13.9. The van der Waals surface area contributed by atoms with Gasteiger partial charge in [0, 0.05) is 22.7 Å². The van der Waals surface area contributed by atoms with Crippen molar-refractivity contribution in [2.24, 2.45) is 5.73 Å². The lowest BCUT2D eigenvalue weighted by atomic mass is 9.81. The SMILES string of the molecule is N#CC1=C(N)Oc2ccc3ccccc3c2C1c1c[nH]c2ccccc12. The minimum Gasteiger partial charge on any atom is -0.440 e. The van der Waals surface area contributed by atoms with Crippen LogP contribution in [0.3, 0.4) is 0 Å². The van der Waals surface area contributed by atoms with E-state index in [-0.39, 0.29) is 11.8 Å². The first-order valence-electron chi connectivity index (χ1n) is 8.43. The molecule has 1 unspecified atom stereocenters. The van der Waals surface area contributed by atoms with Crippen molar-refractivity contribution >= 4 is 21.7 Å². The van der Waals surface area contributed by atoms with E-state index >= 15 is 0 Å². The highest BCUT2D eigenvalue weighted by Gasteiger charge is 2.33. The van der Waals surface area contributed by atoms with Gasteiger partial charge in [0.15, 0.2) is 0 Å². The van der Waals surface area contributed by atoms with Crippen LogP contribution in [0.15, 0.2) is 78.3 Å². The molecule has 26 heavy (non-hydrogen) atoms. The third kappa shape index (κ3) is 1.95.